The second kappa shape index (κ2) is 8.56. The lowest BCUT2D eigenvalue weighted by Gasteiger charge is -2.20. The van der Waals surface area contributed by atoms with Crippen LogP contribution in [0.1, 0.15) is 33.3 Å². The van der Waals surface area contributed by atoms with Crippen LogP contribution >= 0.6 is 11.8 Å². The molecule has 7 heteroatoms. The van der Waals surface area contributed by atoms with Crippen molar-refractivity contribution in [3.05, 3.63) is 54.2 Å². The number of nitrogens with one attached hydrogen (secondary N) is 1. The second-order valence-corrected chi connectivity index (χ2v) is 8.37. The van der Waals surface area contributed by atoms with Crippen molar-refractivity contribution in [2.24, 2.45) is 0 Å². The summed E-state index contributed by atoms with van der Waals surface area (Å²) in [4.78, 5) is 16.7. The predicted octanol–water partition coefficient (Wildman–Crippen LogP) is 3.90. The number of carbonyl (C=O) groups excluding carboxylic acids is 1. The number of para-hydroxylation sites is 1. The number of pyridine rings is 1. The van der Waals surface area contributed by atoms with E-state index in [0.717, 1.165) is 17.8 Å². The first-order valence-electron chi connectivity index (χ1n) is 9.28. The molecule has 0 spiro atoms. The van der Waals surface area contributed by atoms with Gasteiger partial charge in [-0.3, -0.25) is 14.3 Å². The molecule has 2 heterocycles. The van der Waals surface area contributed by atoms with Crippen LogP contribution in [0.2, 0.25) is 0 Å². The zero-order chi connectivity index (χ0) is 20.1. The van der Waals surface area contributed by atoms with Crippen LogP contribution in [0.4, 0.5) is 0 Å². The third-order valence-corrected chi connectivity index (χ3v) is 4.92. The molecule has 3 aromatic rings. The van der Waals surface area contributed by atoms with Crippen LogP contribution in [0.25, 0.3) is 17.2 Å². The Bertz CT molecular complexity index is 947. The number of aromatic nitrogens is 4. The first-order chi connectivity index (χ1) is 13.4. The average molecular weight is 396 g/mol. The molecule has 0 radical (unpaired) electrons. The molecule has 0 atom stereocenters. The number of nitrogens with zero attached hydrogens (tertiary/aromatic N) is 4. The molecule has 3 rings (SSSR count). The Morgan fingerprint density at radius 2 is 1.86 bits per heavy atom. The maximum Gasteiger partial charge on any atom is 0.230 e. The molecule has 0 unspecified atom stereocenters. The van der Waals surface area contributed by atoms with Crippen molar-refractivity contribution in [3.63, 3.8) is 0 Å². The van der Waals surface area contributed by atoms with Gasteiger partial charge < -0.3 is 5.32 Å². The maximum atomic E-state index is 12.3. The molecule has 28 heavy (non-hydrogen) atoms. The molecule has 0 saturated heterocycles. The summed E-state index contributed by atoms with van der Waals surface area (Å²) in [6, 6.07) is 13.9. The van der Waals surface area contributed by atoms with Crippen molar-refractivity contribution >= 4 is 17.7 Å². The molecule has 1 aromatic carbocycles. The summed E-state index contributed by atoms with van der Waals surface area (Å²) in [6.07, 6.45) is 2.62. The topological polar surface area (TPSA) is 72.7 Å². The Kier molecular flexibility index (Phi) is 6.14. The number of hydrogen-bond acceptors (Lipinski definition) is 5. The summed E-state index contributed by atoms with van der Waals surface area (Å²) in [5.41, 5.74) is 2.67. The molecule has 0 saturated carbocycles. The SMILES string of the molecule is CCc1ccccc1-n1c(SCC(=O)NC(C)(C)C)nnc1-c1ccccn1. The van der Waals surface area contributed by atoms with Crippen molar-refractivity contribution < 1.29 is 4.79 Å². The van der Waals surface area contributed by atoms with Crippen LogP contribution in [0.15, 0.2) is 53.8 Å². The lowest BCUT2D eigenvalue weighted by Crippen LogP contribution is -2.41. The number of thioether (sulfide) groups is 1. The van der Waals surface area contributed by atoms with E-state index in [-0.39, 0.29) is 17.2 Å². The minimum atomic E-state index is -0.265. The zero-order valence-electron chi connectivity index (χ0n) is 16.6. The highest BCUT2D eigenvalue weighted by Crippen LogP contribution is 2.29. The third kappa shape index (κ3) is 4.78. The minimum absolute atomic E-state index is 0.0322. The van der Waals surface area contributed by atoms with Crippen molar-refractivity contribution in [1.29, 1.82) is 0 Å². The van der Waals surface area contributed by atoms with Gasteiger partial charge in [-0.1, -0.05) is 43.0 Å². The van der Waals surface area contributed by atoms with Gasteiger partial charge in [0.15, 0.2) is 11.0 Å². The summed E-state index contributed by atoms with van der Waals surface area (Å²) in [5.74, 6) is 0.904. The van der Waals surface area contributed by atoms with E-state index in [1.54, 1.807) is 6.20 Å². The molecule has 0 aliphatic carbocycles. The van der Waals surface area contributed by atoms with E-state index in [1.807, 2.05) is 61.7 Å². The Hall–Kier alpha value is -2.67. The van der Waals surface area contributed by atoms with Gasteiger partial charge in [0, 0.05) is 11.7 Å². The number of amides is 1. The molecule has 0 fully saturated rings. The zero-order valence-corrected chi connectivity index (χ0v) is 17.5. The predicted molar refractivity (Wildman–Crippen MR) is 113 cm³/mol. The summed E-state index contributed by atoms with van der Waals surface area (Å²) in [5, 5.41) is 12.4. The number of aryl methyl sites for hydroxylation is 1. The van der Waals surface area contributed by atoms with Crippen molar-refractivity contribution in [3.8, 4) is 17.2 Å². The molecule has 2 aromatic heterocycles. The minimum Gasteiger partial charge on any atom is -0.351 e. The molecule has 0 aliphatic heterocycles. The monoisotopic (exact) mass is 395 g/mol. The first kappa shape index (κ1) is 20.1. The molecular formula is C21H25N5OS. The lowest BCUT2D eigenvalue weighted by molar-refractivity contribution is -0.119. The fraction of sp³-hybridized carbons (Fsp3) is 0.333. The Balaban J connectivity index is 1.99. The molecular weight excluding hydrogens is 370 g/mol. The molecule has 0 bridgehead atoms. The van der Waals surface area contributed by atoms with Crippen molar-refractivity contribution in [2.45, 2.75) is 44.8 Å². The lowest BCUT2D eigenvalue weighted by atomic mass is 10.1. The number of hydrogen-bond donors (Lipinski definition) is 1. The highest BCUT2D eigenvalue weighted by Gasteiger charge is 2.20. The fourth-order valence-corrected chi connectivity index (χ4v) is 3.60. The van der Waals surface area contributed by atoms with E-state index < -0.39 is 0 Å². The van der Waals surface area contributed by atoms with Crippen LogP contribution in [-0.4, -0.2) is 36.9 Å². The largest absolute Gasteiger partial charge is 0.351 e. The summed E-state index contributed by atoms with van der Waals surface area (Å²) >= 11 is 1.37. The third-order valence-electron chi connectivity index (χ3n) is 3.99. The van der Waals surface area contributed by atoms with E-state index >= 15 is 0 Å². The molecule has 1 N–H and O–H groups in total. The van der Waals surface area contributed by atoms with Gasteiger partial charge in [-0.05, 0) is 51.0 Å². The molecule has 146 valence electrons. The van der Waals surface area contributed by atoms with Crippen LogP contribution < -0.4 is 5.32 Å². The van der Waals surface area contributed by atoms with Gasteiger partial charge in [-0.15, -0.1) is 10.2 Å². The maximum absolute atomic E-state index is 12.3. The highest BCUT2D eigenvalue weighted by molar-refractivity contribution is 7.99. The van der Waals surface area contributed by atoms with Crippen LogP contribution in [0, 0.1) is 0 Å². The second-order valence-electron chi connectivity index (χ2n) is 7.43. The summed E-state index contributed by atoms with van der Waals surface area (Å²) in [7, 11) is 0. The smallest absolute Gasteiger partial charge is 0.230 e. The Morgan fingerprint density at radius 3 is 2.54 bits per heavy atom. The van der Waals surface area contributed by atoms with E-state index in [9.17, 15) is 4.79 Å². The van der Waals surface area contributed by atoms with Gasteiger partial charge >= 0.3 is 0 Å². The Labute approximate surface area is 169 Å². The van der Waals surface area contributed by atoms with Crippen LogP contribution in [-0.2, 0) is 11.2 Å². The van der Waals surface area contributed by atoms with Crippen LogP contribution in [0.5, 0.6) is 0 Å². The summed E-state index contributed by atoms with van der Waals surface area (Å²) < 4.78 is 2.00. The quantitative estimate of drug-likeness (QED) is 0.641. The first-order valence-corrected chi connectivity index (χ1v) is 10.3. The van der Waals surface area contributed by atoms with E-state index in [0.29, 0.717) is 11.0 Å². The van der Waals surface area contributed by atoms with E-state index in [4.69, 9.17) is 0 Å². The number of carbonyl (C=O) groups is 1. The number of rotatable bonds is 6. The normalized spacial score (nSPS) is 11.4. The van der Waals surface area contributed by atoms with Gasteiger partial charge in [0.05, 0.1) is 11.4 Å². The average Bonchev–Trinajstić information content (AvgIpc) is 3.09. The van der Waals surface area contributed by atoms with Gasteiger partial charge in [-0.2, -0.15) is 0 Å². The van der Waals surface area contributed by atoms with Crippen LogP contribution in [0.3, 0.4) is 0 Å². The molecule has 6 nitrogen and oxygen atoms in total. The fourth-order valence-electron chi connectivity index (χ4n) is 2.85. The van der Waals surface area contributed by atoms with Gasteiger partial charge in [0.1, 0.15) is 5.69 Å². The van der Waals surface area contributed by atoms with E-state index in [1.165, 1.54) is 17.3 Å². The summed E-state index contributed by atoms with van der Waals surface area (Å²) in [6.45, 7) is 8.02. The standard InChI is InChI=1S/C21H25N5OS/c1-5-15-10-6-7-12-17(15)26-19(16-11-8-9-13-22-16)24-25-20(26)28-14-18(27)23-21(2,3)4/h6-13H,5,14H2,1-4H3,(H,23,27). The molecule has 1 amide bonds. The number of benzene rings is 1. The molecule has 0 aliphatic rings. The van der Waals surface area contributed by atoms with Gasteiger partial charge in [0.25, 0.3) is 0 Å². The van der Waals surface area contributed by atoms with Gasteiger partial charge in [0.2, 0.25) is 5.91 Å². The Morgan fingerprint density at radius 1 is 1.11 bits per heavy atom. The van der Waals surface area contributed by atoms with Crippen molar-refractivity contribution in [2.75, 3.05) is 5.75 Å². The van der Waals surface area contributed by atoms with E-state index in [2.05, 4.69) is 33.5 Å². The van der Waals surface area contributed by atoms with Gasteiger partial charge in [-0.25, -0.2) is 0 Å². The highest BCUT2D eigenvalue weighted by atomic mass is 32.2. The van der Waals surface area contributed by atoms with Crippen molar-refractivity contribution in [1.82, 2.24) is 25.1 Å².